The van der Waals surface area contributed by atoms with Crippen LogP contribution in [-0.4, -0.2) is 21.9 Å². The summed E-state index contributed by atoms with van der Waals surface area (Å²) in [6, 6.07) is 11.6. The highest BCUT2D eigenvalue weighted by Gasteiger charge is 2.32. The van der Waals surface area contributed by atoms with Gasteiger partial charge in [-0.25, -0.2) is 9.18 Å². The van der Waals surface area contributed by atoms with Gasteiger partial charge in [-0.3, -0.25) is 10.1 Å². The molecule has 3 rings (SSSR count). The van der Waals surface area contributed by atoms with Crippen molar-refractivity contribution < 1.29 is 14.1 Å². The smallest absolute Gasteiger partial charge is 0.317 e. The first-order valence-corrected chi connectivity index (χ1v) is 7.59. The molecule has 124 valence electrons. The highest BCUT2D eigenvalue weighted by molar-refractivity contribution is 5.89. The number of nitro groups is 1. The van der Waals surface area contributed by atoms with Crippen molar-refractivity contribution >= 4 is 17.4 Å². The Balaban J connectivity index is 1.68. The third kappa shape index (κ3) is 3.87. The second-order valence-corrected chi connectivity index (χ2v) is 5.72. The molecule has 2 amide bonds. The number of rotatable bonds is 5. The van der Waals surface area contributed by atoms with E-state index in [0.717, 1.165) is 18.4 Å². The molecule has 1 saturated carbocycles. The van der Waals surface area contributed by atoms with Crippen LogP contribution < -0.4 is 5.32 Å². The quantitative estimate of drug-likeness (QED) is 0.667. The monoisotopic (exact) mass is 329 g/mol. The number of urea groups is 1. The number of non-ortho nitro benzene ring substituents is 1. The van der Waals surface area contributed by atoms with Gasteiger partial charge >= 0.3 is 6.03 Å². The highest BCUT2D eigenvalue weighted by atomic mass is 19.1. The van der Waals surface area contributed by atoms with Crippen molar-refractivity contribution in [2.45, 2.75) is 25.4 Å². The molecular weight excluding hydrogens is 313 g/mol. The lowest BCUT2D eigenvalue weighted by Gasteiger charge is -2.23. The molecule has 24 heavy (non-hydrogen) atoms. The maximum absolute atomic E-state index is 13.0. The van der Waals surface area contributed by atoms with Gasteiger partial charge in [0.05, 0.1) is 4.92 Å². The predicted molar refractivity (Wildman–Crippen MR) is 87.1 cm³/mol. The molecule has 0 atom stereocenters. The first-order valence-electron chi connectivity index (χ1n) is 7.59. The second-order valence-electron chi connectivity index (χ2n) is 5.72. The molecule has 0 aromatic heterocycles. The van der Waals surface area contributed by atoms with E-state index in [4.69, 9.17) is 0 Å². The van der Waals surface area contributed by atoms with Crippen LogP contribution in [0.2, 0.25) is 0 Å². The van der Waals surface area contributed by atoms with E-state index in [9.17, 15) is 19.3 Å². The van der Waals surface area contributed by atoms with E-state index >= 15 is 0 Å². The normalized spacial score (nSPS) is 13.4. The Bertz CT molecular complexity index is 743. The summed E-state index contributed by atoms with van der Waals surface area (Å²) in [7, 11) is 0. The number of benzene rings is 2. The van der Waals surface area contributed by atoms with Crippen molar-refractivity contribution in [2.24, 2.45) is 0 Å². The van der Waals surface area contributed by atoms with Gasteiger partial charge in [0.25, 0.3) is 5.69 Å². The number of carbonyl (C=O) groups is 1. The first kappa shape index (κ1) is 15.9. The zero-order valence-electron chi connectivity index (χ0n) is 12.8. The lowest BCUT2D eigenvalue weighted by molar-refractivity contribution is -0.384. The molecule has 0 saturated heterocycles. The van der Waals surface area contributed by atoms with Crippen molar-refractivity contribution in [3.05, 3.63) is 70.0 Å². The molecule has 0 radical (unpaired) electrons. The Kier molecular flexibility index (Phi) is 4.41. The van der Waals surface area contributed by atoms with E-state index in [-0.39, 0.29) is 23.6 Å². The minimum absolute atomic E-state index is 0.0293. The van der Waals surface area contributed by atoms with Crippen molar-refractivity contribution in [2.75, 3.05) is 5.32 Å². The van der Waals surface area contributed by atoms with Crippen LogP contribution in [0.5, 0.6) is 0 Å². The number of hydrogen-bond donors (Lipinski definition) is 1. The summed E-state index contributed by atoms with van der Waals surface area (Å²) in [5.74, 6) is -0.313. The first-order chi connectivity index (χ1) is 11.5. The van der Waals surface area contributed by atoms with Crippen LogP contribution in [0.15, 0.2) is 48.5 Å². The van der Waals surface area contributed by atoms with Crippen molar-refractivity contribution in [1.82, 2.24) is 4.90 Å². The lowest BCUT2D eigenvalue weighted by Crippen LogP contribution is -2.36. The average molecular weight is 329 g/mol. The maximum atomic E-state index is 13.0. The van der Waals surface area contributed by atoms with Crippen molar-refractivity contribution in [3.63, 3.8) is 0 Å². The van der Waals surface area contributed by atoms with E-state index in [0.29, 0.717) is 12.2 Å². The topological polar surface area (TPSA) is 75.5 Å². The molecule has 7 heteroatoms. The zero-order chi connectivity index (χ0) is 17.1. The van der Waals surface area contributed by atoms with Gasteiger partial charge in [0.1, 0.15) is 5.82 Å². The molecule has 1 fully saturated rings. The third-order valence-corrected chi connectivity index (χ3v) is 3.84. The van der Waals surface area contributed by atoms with Crippen LogP contribution >= 0.6 is 0 Å². The Morgan fingerprint density at radius 2 is 1.79 bits per heavy atom. The van der Waals surface area contributed by atoms with Gasteiger partial charge in [0, 0.05) is 30.4 Å². The van der Waals surface area contributed by atoms with Crippen LogP contribution in [0.25, 0.3) is 0 Å². The van der Waals surface area contributed by atoms with Gasteiger partial charge in [-0.2, -0.15) is 0 Å². The third-order valence-electron chi connectivity index (χ3n) is 3.84. The summed E-state index contributed by atoms with van der Waals surface area (Å²) in [4.78, 5) is 24.4. The molecule has 0 spiro atoms. The molecule has 2 aromatic rings. The summed E-state index contributed by atoms with van der Waals surface area (Å²) in [5.41, 5.74) is 1.32. The number of nitro benzene ring substituents is 1. The number of halogens is 1. The summed E-state index contributed by atoms with van der Waals surface area (Å²) < 4.78 is 13.0. The standard InChI is InChI=1S/C17H16FN3O3/c18-13-3-1-12(2-4-13)11-20(15-9-10-15)17(22)19-14-5-7-16(8-6-14)21(23)24/h1-8,15H,9-11H2,(H,19,22). The van der Waals surface area contributed by atoms with E-state index in [1.807, 2.05) is 0 Å². The summed E-state index contributed by atoms with van der Waals surface area (Å²) in [6.07, 6.45) is 1.88. The molecule has 2 aromatic carbocycles. The number of nitrogens with one attached hydrogen (secondary N) is 1. The number of hydrogen-bond acceptors (Lipinski definition) is 3. The fourth-order valence-electron chi connectivity index (χ4n) is 2.40. The Morgan fingerprint density at radius 1 is 1.17 bits per heavy atom. The molecule has 1 aliphatic rings. The summed E-state index contributed by atoms with van der Waals surface area (Å²) in [5, 5.41) is 13.4. The van der Waals surface area contributed by atoms with E-state index in [1.165, 1.54) is 36.4 Å². The highest BCUT2D eigenvalue weighted by Crippen LogP contribution is 2.29. The van der Waals surface area contributed by atoms with Gasteiger partial charge < -0.3 is 10.2 Å². The molecule has 1 aliphatic carbocycles. The van der Waals surface area contributed by atoms with E-state index in [1.54, 1.807) is 17.0 Å². The van der Waals surface area contributed by atoms with Crippen LogP contribution in [0.1, 0.15) is 18.4 Å². The molecule has 0 aliphatic heterocycles. The number of nitrogens with zero attached hydrogens (tertiary/aromatic N) is 2. The molecule has 1 N–H and O–H groups in total. The molecule has 0 unspecified atom stereocenters. The van der Waals surface area contributed by atoms with Crippen molar-refractivity contribution in [3.8, 4) is 0 Å². The summed E-state index contributed by atoms with van der Waals surface area (Å²) >= 11 is 0. The molecular formula is C17H16FN3O3. The summed E-state index contributed by atoms with van der Waals surface area (Å²) in [6.45, 7) is 0.393. The molecule has 0 heterocycles. The minimum atomic E-state index is -0.489. The van der Waals surface area contributed by atoms with Crippen LogP contribution in [0.3, 0.4) is 0 Å². The van der Waals surface area contributed by atoms with Crippen LogP contribution in [0.4, 0.5) is 20.6 Å². The lowest BCUT2D eigenvalue weighted by atomic mass is 10.2. The SMILES string of the molecule is O=C(Nc1ccc([N+](=O)[O-])cc1)N(Cc1ccc(F)cc1)C1CC1. The van der Waals surface area contributed by atoms with Gasteiger partial charge in [-0.1, -0.05) is 12.1 Å². The number of carbonyl (C=O) groups excluding carboxylic acids is 1. The molecule has 0 bridgehead atoms. The minimum Gasteiger partial charge on any atom is -0.317 e. The Hall–Kier alpha value is -2.96. The van der Waals surface area contributed by atoms with Gasteiger partial charge in [0.2, 0.25) is 0 Å². The predicted octanol–water partition coefficient (Wildman–Crippen LogP) is 3.93. The van der Waals surface area contributed by atoms with Gasteiger partial charge in [-0.15, -0.1) is 0 Å². The fourth-order valence-corrected chi connectivity index (χ4v) is 2.40. The number of amides is 2. The van der Waals surface area contributed by atoms with Gasteiger partial charge in [0.15, 0.2) is 0 Å². The second kappa shape index (κ2) is 6.66. The Labute approximate surface area is 138 Å². The fraction of sp³-hybridized carbons (Fsp3) is 0.235. The van der Waals surface area contributed by atoms with Gasteiger partial charge in [-0.05, 0) is 42.7 Å². The zero-order valence-corrected chi connectivity index (χ0v) is 12.8. The maximum Gasteiger partial charge on any atom is 0.322 e. The average Bonchev–Trinajstić information content (AvgIpc) is 3.39. The Morgan fingerprint density at radius 3 is 2.33 bits per heavy atom. The van der Waals surface area contributed by atoms with Crippen LogP contribution in [-0.2, 0) is 6.54 Å². The van der Waals surface area contributed by atoms with Crippen molar-refractivity contribution in [1.29, 1.82) is 0 Å². The van der Waals surface area contributed by atoms with E-state index in [2.05, 4.69) is 5.32 Å². The number of anilines is 1. The largest absolute Gasteiger partial charge is 0.322 e. The van der Waals surface area contributed by atoms with E-state index < -0.39 is 4.92 Å². The molecule has 6 nitrogen and oxygen atoms in total. The van der Waals surface area contributed by atoms with Crippen LogP contribution in [0, 0.1) is 15.9 Å².